The smallest absolute Gasteiger partial charge is 0.251 e. The van der Waals surface area contributed by atoms with Gasteiger partial charge in [0.2, 0.25) is 0 Å². The molecule has 1 N–H and O–H groups in total. The van der Waals surface area contributed by atoms with Crippen molar-refractivity contribution in [2.24, 2.45) is 0 Å². The Bertz CT molecular complexity index is 788. The number of hydrogen-bond donors (Lipinski definition) is 1. The molecule has 0 aliphatic rings. The number of nitrogens with zero attached hydrogens (tertiary/aromatic N) is 1. The first kappa shape index (κ1) is 18.2. The molecule has 0 spiro atoms. The Hall–Kier alpha value is -2.11. The van der Waals surface area contributed by atoms with Crippen LogP contribution in [-0.4, -0.2) is 25.9 Å². The fourth-order valence-corrected chi connectivity index (χ4v) is 2.84. The molecule has 24 heavy (non-hydrogen) atoms. The normalized spacial score (nSPS) is 10.7. The predicted octanol–water partition coefficient (Wildman–Crippen LogP) is 4.14. The van der Waals surface area contributed by atoms with E-state index in [0.717, 1.165) is 10.0 Å². The summed E-state index contributed by atoms with van der Waals surface area (Å²) in [4.78, 5) is 25.2. The van der Waals surface area contributed by atoms with Crippen molar-refractivity contribution in [3.63, 3.8) is 0 Å². The number of nitrogens with one attached hydrogen (secondary N) is 1. The monoisotopic (exact) mass is 406 g/mol. The molecule has 0 saturated carbocycles. The third-order valence-corrected chi connectivity index (χ3v) is 4.22. The van der Waals surface area contributed by atoms with Gasteiger partial charge in [-0.1, -0.05) is 39.7 Å². The number of carbonyl (C=O) groups is 2. The molecular formula is C18H16BrClN2O2. The summed E-state index contributed by atoms with van der Waals surface area (Å²) in [5.41, 5.74) is 2.02. The zero-order chi connectivity index (χ0) is 17.7. The van der Waals surface area contributed by atoms with Gasteiger partial charge in [0.1, 0.15) is 0 Å². The molecule has 0 aliphatic heterocycles. The Kier molecular flexibility index (Phi) is 6.17. The van der Waals surface area contributed by atoms with Crippen molar-refractivity contribution in [1.29, 1.82) is 0 Å². The van der Waals surface area contributed by atoms with Crippen molar-refractivity contribution < 1.29 is 9.59 Å². The molecular weight excluding hydrogens is 392 g/mol. The molecule has 0 aliphatic carbocycles. The lowest BCUT2D eigenvalue weighted by molar-refractivity contribution is -0.113. The quantitative estimate of drug-likeness (QED) is 0.775. The maximum atomic E-state index is 12.3. The molecule has 0 radical (unpaired) electrons. The molecule has 6 heteroatoms. The largest absolute Gasteiger partial charge is 0.355 e. The van der Waals surface area contributed by atoms with Crippen molar-refractivity contribution in [3.05, 3.63) is 69.2 Å². The number of anilines is 1. The Morgan fingerprint density at radius 1 is 1.17 bits per heavy atom. The summed E-state index contributed by atoms with van der Waals surface area (Å²) in [6.45, 7) is 0. The standard InChI is InChI=1S/C18H16BrClN2O2/c1-21-18(24)13-6-3-12(4-7-13)5-10-17(23)22(2)16-9-8-14(19)11-15(16)20/h3-11H,1-2H3,(H,21,24)/b10-5+. The first-order valence-corrected chi connectivity index (χ1v) is 8.32. The average molecular weight is 408 g/mol. The van der Waals surface area contributed by atoms with Crippen LogP contribution < -0.4 is 10.2 Å². The zero-order valence-electron chi connectivity index (χ0n) is 13.2. The number of amides is 2. The average Bonchev–Trinajstić information content (AvgIpc) is 2.59. The summed E-state index contributed by atoms with van der Waals surface area (Å²) in [6.07, 6.45) is 3.16. The third-order valence-electron chi connectivity index (χ3n) is 3.42. The molecule has 0 fully saturated rings. The van der Waals surface area contributed by atoms with Gasteiger partial charge in [0, 0.05) is 30.2 Å². The van der Waals surface area contributed by atoms with Crippen molar-refractivity contribution in [3.8, 4) is 0 Å². The number of likely N-dealkylation sites (N-methyl/N-ethyl adjacent to an activating group) is 1. The zero-order valence-corrected chi connectivity index (χ0v) is 15.6. The highest BCUT2D eigenvalue weighted by Gasteiger charge is 2.11. The second-order valence-electron chi connectivity index (χ2n) is 5.03. The third kappa shape index (κ3) is 4.46. The highest BCUT2D eigenvalue weighted by molar-refractivity contribution is 9.10. The molecule has 124 valence electrons. The summed E-state index contributed by atoms with van der Waals surface area (Å²) in [5, 5.41) is 3.05. The highest BCUT2D eigenvalue weighted by Crippen LogP contribution is 2.28. The van der Waals surface area contributed by atoms with Crippen molar-refractivity contribution >= 4 is 51.1 Å². The van der Waals surface area contributed by atoms with Crippen LogP contribution in [0.5, 0.6) is 0 Å². The van der Waals surface area contributed by atoms with Crippen LogP contribution >= 0.6 is 27.5 Å². The molecule has 2 aromatic carbocycles. The molecule has 0 unspecified atom stereocenters. The number of carbonyl (C=O) groups excluding carboxylic acids is 2. The molecule has 0 bridgehead atoms. The Labute approximate surface area is 154 Å². The van der Waals surface area contributed by atoms with E-state index in [9.17, 15) is 9.59 Å². The second kappa shape index (κ2) is 8.13. The minimum Gasteiger partial charge on any atom is -0.355 e. The van der Waals surface area contributed by atoms with Gasteiger partial charge in [-0.3, -0.25) is 9.59 Å². The second-order valence-corrected chi connectivity index (χ2v) is 6.35. The number of rotatable bonds is 4. The SMILES string of the molecule is CNC(=O)c1ccc(/C=C/C(=O)N(C)c2ccc(Br)cc2Cl)cc1. The van der Waals surface area contributed by atoms with Gasteiger partial charge in [-0.25, -0.2) is 0 Å². The number of benzene rings is 2. The van der Waals surface area contributed by atoms with E-state index in [1.165, 1.54) is 11.0 Å². The summed E-state index contributed by atoms with van der Waals surface area (Å²) < 4.78 is 0.851. The van der Waals surface area contributed by atoms with Gasteiger partial charge < -0.3 is 10.2 Å². The topological polar surface area (TPSA) is 49.4 Å². The summed E-state index contributed by atoms with van der Waals surface area (Å²) in [5.74, 6) is -0.346. The van der Waals surface area contributed by atoms with E-state index < -0.39 is 0 Å². The van der Waals surface area contributed by atoms with Crippen LogP contribution in [0, 0.1) is 0 Å². The van der Waals surface area contributed by atoms with Crippen molar-refractivity contribution in [1.82, 2.24) is 5.32 Å². The molecule has 2 rings (SSSR count). The van der Waals surface area contributed by atoms with E-state index in [-0.39, 0.29) is 11.8 Å². The minimum atomic E-state index is -0.199. The van der Waals surface area contributed by atoms with E-state index in [0.29, 0.717) is 16.3 Å². The van der Waals surface area contributed by atoms with Gasteiger partial charge >= 0.3 is 0 Å². The fourth-order valence-electron chi connectivity index (χ4n) is 2.04. The van der Waals surface area contributed by atoms with Crippen LogP contribution in [0.15, 0.2) is 53.0 Å². The predicted molar refractivity (Wildman–Crippen MR) is 101 cm³/mol. The van der Waals surface area contributed by atoms with Crippen LogP contribution in [0.2, 0.25) is 5.02 Å². The molecule has 2 amide bonds. The molecule has 4 nitrogen and oxygen atoms in total. The van der Waals surface area contributed by atoms with Gasteiger partial charge in [-0.2, -0.15) is 0 Å². The first-order valence-electron chi connectivity index (χ1n) is 7.15. The molecule has 0 heterocycles. The summed E-state index contributed by atoms with van der Waals surface area (Å²) in [6, 6.07) is 12.3. The highest BCUT2D eigenvalue weighted by atomic mass is 79.9. The Balaban J connectivity index is 2.10. The minimum absolute atomic E-state index is 0.147. The van der Waals surface area contributed by atoms with E-state index in [1.807, 2.05) is 6.07 Å². The molecule has 0 atom stereocenters. The molecule has 2 aromatic rings. The van der Waals surface area contributed by atoms with Crippen LogP contribution in [0.4, 0.5) is 5.69 Å². The van der Waals surface area contributed by atoms with Gasteiger partial charge in [0.25, 0.3) is 11.8 Å². The maximum absolute atomic E-state index is 12.3. The number of halogens is 2. The Morgan fingerprint density at radius 3 is 2.42 bits per heavy atom. The fraction of sp³-hybridized carbons (Fsp3) is 0.111. The summed E-state index contributed by atoms with van der Waals surface area (Å²) in [7, 11) is 3.24. The van der Waals surface area contributed by atoms with Crippen LogP contribution in [0.25, 0.3) is 6.08 Å². The van der Waals surface area contributed by atoms with Gasteiger partial charge in [0.05, 0.1) is 10.7 Å². The van der Waals surface area contributed by atoms with E-state index in [1.54, 1.807) is 56.6 Å². The van der Waals surface area contributed by atoms with Crippen LogP contribution in [0.3, 0.4) is 0 Å². The van der Waals surface area contributed by atoms with Crippen LogP contribution in [0.1, 0.15) is 15.9 Å². The van der Waals surface area contributed by atoms with E-state index in [4.69, 9.17) is 11.6 Å². The van der Waals surface area contributed by atoms with Crippen molar-refractivity contribution in [2.45, 2.75) is 0 Å². The maximum Gasteiger partial charge on any atom is 0.251 e. The lowest BCUT2D eigenvalue weighted by Crippen LogP contribution is -2.24. The first-order chi connectivity index (χ1) is 11.4. The van der Waals surface area contributed by atoms with Gasteiger partial charge in [-0.05, 0) is 42.0 Å². The van der Waals surface area contributed by atoms with E-state index >= 15 is 0 Å². The van der Waals surface area contributed by atoms with Crippen LogP contribution in [-0.2, 0) is 4.79 Å². The molecule has 0 saturated heterocycles. The molecule has 0 aromatic heterocycles. The van der Waals surface area contributed by atoms with Crippen molar-refractivity contribution in [2.75, 3.05) is 19.0 Å². The lowest BCUT2D eigenvalue weighted by atomic mass is 10.1. The summed E-state index contributed by atoms with van der Waals surface area (Å²) >= 11 is 9.50. The van der Waals surface area contributed by atoms with Gasteiger partial charge in [-0.15, -0.1) is 0 Å². The Morgan fingerprint density at radius 2 is 1.83 bits per heavy atom. The lowest BCUT2D eigenvalue weighted by Gasteiger charge is -2.17. The van der Waals surface area contributed by atoms with E-state index in [2.05, 4.69) is 21.2 Å². The number of hydrogen-bond acceptors (Lipinski definition) is 2. The van der Waals surface area contributed by atoms with Gasteiger partial charge in [0.15, 0.2) is 0 Å².